The highest BCUT2D eigenvalue weighted by atomic mass is 127. The second kappa shape index (κ2) is 10.7. The molecular weight excluding hydrogens is 468 g/mol. The summed E-state index contributed by atoms with van der Waals surface area (Å²) in [6, 6.07) is 5.06. The number of fused-ring (bicyclic) bond motifs is 1. The molecule has 1 aromatic heterocycles. The Balaban J connectivity index is 0.00000243. The topological polar surface area (TPSA) is 54.9 Å². The molecule has 0 atom stereocenters. The lowest BCUT2D eigenvalue weighted by Crippen LogP contribution is -2.38. The number of rotatable bonds is 6. The second-order valence-corrected chi connectivity index (χ2v) is 6.45. The Morgan fingerprint density at radius 2 is 2.23 bits per heavy atom. The zero-order chi connectivity index (χ0) is 17.5. The van der Waals surface area contributed by atoms with Gasteiger partial charge in [-0.15, -0.1) is 24.0 Å². The Hall–Kier alpha value is -1.39. The van der Waals surface area contributed by atoms with E-state index in [9.17, 15) is 4.39 Å². The number of hydrogen-bond acceptors (Lipinski definition) is 4. The highest BCUT2D eigenvalue weighted by molar-refractivity contribution is 14.0. The van der Waals surface area contributed by atoms with E-state index in [-0.39, 0.29) is 36.6 Å². The molecule has 0 amide bonds. The van der Waals surface area contributed by atoms with Gasteiger partial charge in [-0.1, -0.05) is 0 Å². The van der Waals surface area contributed by atoms with E-state index in [1.54, 1.807) is 11.3 Å². The van der Waals surface area contributed by atoms with Crippen LogP contribution in [0.25, 0.3) is 0 Å². The van der Waals surface area contributed by atoms with E-state index in [0.717, 1.165) is 29.4 Å². The van der Waals surface area contributed by atoms with Gasteiger partial charge in [0.1, 0.15) is 11.6 Å². The largest absolute Gasteiger partial charge is 0.467 e. The number of thiophene rings is 1. The Kier molecular flexibility index (Phi) is 8.60. The molecule has 142 valence electrons. The molecule has 0 fully saturated rings. The van der Waals surface area contributed by atoms with Crippen molar-refractivity contribution < 1.29 is 13.9 Å². The summed E-state index contributed by atoms with van der Waals surface area (Å²) < 4.78 is 24.5. The number of hydrogen-bond donors (Lipinski definition) is 2. The smallest absolute Gasteiger partial charge is 0.191 e. The van der Waals surface area contributed by atoms with Crippen molar-refractivity contribution in [3.8, 4) is 5.75 Å². The van der Waals surface area contributed by atoms with Gasteiger partial charge in [0.15, 0.2) is 12.8 Å². The lowest BCUT2D eigenvalue weighted by molar-refractivity contribution is -0.0172. The van der Waals surface area contributed by atoms with Crippen molar-refractivity contribution in [2.75, 3.05) is 19.9 Å². The van der Waals surface area contributed by atoms with Crippen molar-refractivity contribution in [2.24, 2.45) is 4.99 Å². The molecule has 0 saturated carbocycles. The molecule has 0 bridgehead atoms. The first kappa shape index (κ1) is 20.9. The molecular formula is C18H23FIN3O2S. The normalized spacial score (nSPS) is 13.4. The number of aliphatic imine (C=N–C) groups is 1. The Labute approximate surface area is 174 Å². The van der Waals surface area contributed by atoms with Crippen LogP contribution in [-0.2, 0) is 24.3 Å². The van der Waals surface area contributed by atoms with Crippen LogP contribution in [0.5, 0.6) is 5.75 Å². The van der Waals surface area contributed by atoms with Gasteiger partial charge in [-0.2, -0.15) is 11.3 Å². The minimum Gasteiger partial charge on any atom is -0.467 e. The SMILES string of the molecule is CCNC(=NCc1ccsc1)NCCc1cc(F)cc2c1OCOC2.I. The van der Waals surface area contributed by atoms with E-state index in [2.05, 4.69) is 27.1 Å². The van der Waals surface area contributed by atoms with E-state index < -0.39 is 0 Å². The lowest BCUT2D eigenvalue weighted by Gasteiger charge is -2.21. The molecule has 2 aromatic rings. The average Bonchev–Trinajstić information content (AvgIpc) is 3.13. The van der Waals surface area contributed by atoms with Crippen LogP contribution in [0.15, 0.2) is 34.0 Å². The van der Waals surface area contributed by atoms with Crippen LogP contribution >= 0.6 is 35.3 Å². The van der Waals surface area contributed by atoms with E-state index in [1.165, 1.54) is 17.7 Å². The minimum atomic E-state index is -0.263. The standard InChI is InChI=1S/C18H22FN3O2S.HI/c1-2-20-18(22-9-13-4-6-25-11-13)21-5-3-14-7-16(19)8-15-10-23-12-24-17(14)15;/h4,6-8,11H,2-3,5,9-10,12H2,1H3,(H2,20,21,22);1H. The first-order chi connectivity index (χ1) is 12.3. The summed E-state index contributed by atoms with van der Waals surface area (Å²) in [6.07, 6.45) is 0.642. The summed E-state index contributed by atoms with van der Waals surface area (Å²) in [4.78, 5) is 4.57. The summed E-state index contributed by atoms with van der Waals surface area (Å²) >= 11 is 1.66. The van der Waals surface area contributed by atoms with Crippen LogP contribution < -0.4 is 15.4 Å². The van der Waals surface area contributed by atoms with Crippen molar-refractivity contribution in [1.82, 2.24) is 10.6 Å². The maximum absolute atomic E-state index is 13.8. The van der Waals surface area contributed by atoms with Crippen LogP contribution in [0.4, 0.5) is 4.39 Å². The maximum atomic E-state index is 13.8. The number of guanidine groups is 1. The van der Waals surface area contributed by atoms with Gasteiger partial charge >= 0.3 is 0 Å². The van der Waals surface area contributed by atoms with Crippen LogP contribution in [0.3, 0.4) is 0 Å². The Morgan fingerprint density at radius 3 is 3.00 bits per heavy atom. The zero-order valence-electron chi connectivity index (χ0n) is 14.6. The third kappa shape index (κ3) is 5.82. The molecule has 3 rings (SSSR count). The van der Waals surface area contributed by atoms with Crippen molar-refractivity contribution in [2.45, 2.75) is 26.5 Å². The van der Waals surface area contributed by atoms with Gasteiger partial charge in [0.2, 0.25) is 0 Å². The fourth-order valence-corrected chi connectivity index (χ4v) is 3.31. The number of nitrogens with one attached hydrogen (secondary N) is 2. The molecule has 0 aliphatic carbocycles. The molecule has 0 spiro atoms. The van der Waals surface area contributed by atoms with E-state index in [0.29, 0.717) is 26.1 Å². The van der Waals surface area contributed by atoms with Crippen molar-refractivity contribution >= 4 is 41.3 Å². The van der Waals surface area contributed by atoms with Crippen LogP contribution in [0.2, 0.25) is 0 Å². The molecule has 1 aliphatic heterocycles. The number of benzene rings is 1. The quantitative estimate of drug-likeness (QED) is 0.368. The van der Waals surface area contributed by atoms with Crippen molar-refractivity contribution in [3.05, 3.63) is 51.5 Å². The molecule has 2 heterocycles. The summed E-state index contributed by atoms with van der Waals surface area (Å²) in [7, 11) is 0. The van der Waals surface area contributed by atoms with Gasteiger partial charge in [-0.25, -0.2) is 9.38 Å². The van der Waals surface area contributed by atoms with E-state index in [4.69, 9.17) is 9.47 Å². The third-order valence-electron chi connectivity index (χ3n) is 3.78. The maximum Gasteiger partial charge on any atom is 0.191 e. The molecule has 0 unspecified atom stereocenters. The van der Waals surface area contributed by atoms with Crippen molar-refractivity contribution in [1.29, 1.82) is 0 Å². The molecule has 0 saturated heterocycles. The van der Waals surface area contributed by atoms with E-state index >= 15 is 0 Å². The molecule has 2 N–H and O–H groups in total. The lowest BCUT2D eigenvalue weighted by atomic mass is 10.1. The number of halogens is 2. The van der Waals surface area contributed by atoms with E-state index in [1.807, 2.05) is 12.3 Å². The van der Waals surface area contributed by atoms with Crippen molar-refractivity contribution in [3.63, 3.8) is 0 Å². The molecule has 1 aliphatic rings. The predicted molar refractivity (Wildman–Crippen MR) is 113 cm³/mol. The predicted octanol–water partition coefficient (Wildman–Crippen LogP) is 3.67. The minimum absolute atomic E-state index is 0. The van der Waals surface area contributed by atoms with Crippen LogP contribution in [-0.4, -0.2) is 25.8 Å². The van der Waals surface area contributed by atoms with Gasteiger partial charge in [-0.3, -0.25) is 0 Å². The van der Waals surface area contributed by atoms with Crippen LogP contribution in [0.1, 0.15) is 23.6 Å². The highest BCUT2D eigenvalue weighted by Gasteiger charge is 2.16. The zero-order valence-corrected chi connectivity index (χ0v) is 17.7. The summed E-state index contributed by atoms with van der Waals surface area (Å²) in [6.45, 7) is 4.68. The third-order valence-corrected chi connectivity index (χ3v) is 4.51. The van der Waals surface area contributed by atoms with Crippen LogP contribution in [0, 0.1) is 5.82 Å². The fraction of sp³-hybridized carbons (Fsp3) is 0.389. The molecule has 5 nitrogen and oxygen atoms in total. The molecule has 1 aromatic carbocycles. The van der Waals surface area contributed by atoms with Gasteiger partial charge in [0.25, 0.3) is 0 Å². The first-order valence-electron chi connectivity index (χ1n) is 8.31. The molecule has 8 heteroatoms. The molecule has 0 radical (unpaired) electrons. The summed E-state index contributed by atoms with van der Waals surface area (Å²) in [5, 5.41) is 10.6. The Morgan fingerprint density at radius 1 is 1.35 bits per heavy atom. The molecule has 26 heavy (non-hydrogen) atoms. The first-order valence-corrected chi connectivity index (χ1v) is 9.25. The fourth-order valence-electron chi connectivity index (χ4n) is 2.65. The number of ether oxygens (including phenoxy) is 2. The van der Waals surface area contributed by atoms with Gasteiger partial charge < -0.3 is 20.1 Å². The van der Waals surface area contributed by atoms with Gasteiger partial charge in [0.05, 0.1) is 13.2 Å². The highest BCUT2D eigenvalue weighted by Crippen LogP contribution is 2.29. The summed E-state index contributed by atoms with van der Waals surface area (Å²) in [5.74, 6) is 1.23. The monoisotopic (exact) mass is 491 g/mol. The average molecular weight is 491 g/mol. The summed E-state index contributed by atoms with van der Waals surface area (Å²) in [5.41, 5.74) is 2.80. The van der Waals surface area contributed by atoms with Gasteiger partial charge in [-0.05, 0) is 53.4 Å². The van der Waals surface area contributed by atoms with Gasteiger partial charge in [0, 0.05) is 18.7 Å². The second-order valence-electron chi connectivity index (χ2n) is 5.67. The number of nitrogens with zero attached hydrogens (tertiary/aromatic N) is 1. The Bertz CT molecular complexity index is 725.